The van der Waals surface area contributed by atoms with Gasteiger partial charge in [0.1, 0.15) is 0 Å². The first-order valence-electron chi connectivity index (χ1n) is 11.0. The van der Waals surface area contributed by atoms with Crippen LogP contribution >= 0.6 is 0 Å². The highest BCUT2D eigenvalue weighted by Crippen LogP contribution is 2.15. The quantitative estimate of drug-likeness (QED) is 0.443. The van der Waals surface area contributed by atoms with Gasteiger partial charge >= 0.3 is 5.82 Å². The first-order chi connectivity index (χ1) is 15.5. The first kappa shape index (κ1) is 23.2. The SMILES string of the molecule is Nc1ccc(C(=O)N2CCCCC2)cc1.O=C(c1ccc([N+](=O)[O-])nc1)N1CCCCC1. The first-order valence-corrected chi connectivity index (χ1v) is 11.0. The molecule has 0 aliphatic carbocycles. The van der Waals surface area contributed by atoms with Gasteiger partial charge in [-0.25, -0.2) is 0 Å². The van der Waals surface area contributed by atoms with Crippen LogP contribution < -0.4 is 5.73 Å². The van der Waals surface area contributed by atoms with Crippen LogP contribution in [0.2, 0.25) is 0 Å². The molecule has 2 N–H and O–H groups in total. The fraction of sp³-hybridized carbons (Fsp3) is 0.435. The Kier molecular flexibility index (Phi) is 8.13. The normalized spacial score (nSPS) is 16.0. The van der Waals surface area contributed by atoms with Crippen LogP contribution in [-0.4, -0.2) is 57.7 Å². The molecular formula is C23H29N5O4. The molecule has 2 aliphatic rings. The zero-order valence-electron chi connectivity index (χ0n) is 18.1. The van der Waals surface area contributed by atoms with E-state index in [-0.39, 0.29) is 17.6 Å². The standard InChI is InChI=1S/C12H16N2O.C11H13N3O3/c13-11-6-4-10(5-7-11)12(15)14-8-2-1-3-9-14;15-11(13-6-2-1-3-7-13)9-4-5-10(12-8-9)14(16)17/h4-7H,1-3,8-9,13H2;4-5,8H,1-3,6-7H2. The molecule has 4 rings (SSSR count). The van der Waals surface area contributed by atoms with Gasteiger partial charge in [-0.15, -0.1) is 0 Å². The van der Waals surface area contributed by atoms with Gasteiger partial charge in [0.25, 0.3) is 11.8 Å². The number of nitro groups is 1. The van der Waals surface area contributed by atoms with E-state index in [9.17, 15) is 19.7 Å². The lowest BCUT2D eigenvalue weighted by Gasteiger charge is -2.26. The maximum absolute atomic E-state index is 12.0. The molecule has 32 heavy (non-hydrogen) atoms. The van der Waals surface area contributed by atoms with Crippen LogP contribution in [-0.2, 0) is 0 Å². The predicted octanol–water partition coefficient (Wildman–Crippen LogP) is 3.51. The number of piperidine rings is 2. The van der Waals surface area contributed by atoms with E-state index in [0.29, 0.717) is 11.3 Å². The van der Waals surface area contributed by atoms with Gasteiger partial charge in [0.2, 0.25) is 0 Å². The molecule has 2 amide bonds. The van der Waals surface area contributed by atoms with E-state index in [1.807, 2.05) is 4.90 Å². The van der Waals surface area contributed by atoms with E-state index in [0.717, 1.165) is 63.8 Å². The van der Waals surface area contributed by atoms with Gasteiger partial charge in [0.15, 0.2) is 6.20 Å². The number of rotatable bonds is 3. The minimum atomic E-state index is -0.574. The number of benzene rings is 1. The van der Waals surface area contributed by atoms with Crippen molar-refractivity contribution in [2.75, 3.05) is 31.9 Å². The highest BCUT2D eigenvalue weighted by Gasteiger charge is 2.20. The third-order valence-corrected chi connectivity index (χ3v) is 5.63. The number of nitrogens with zero attached hydrogens (tertiary/aromatic N) is 4. The molecule has 2 aliphatic heterocycles. The monoisotopic (exact) mass is 439 g/mol. The van der Waals surface area contributed by atoms with Crippen molar-refractivity contribution < 1.29 is 14.5 Å². The summed E-state index contributed by atoms with van der Waals surface area (Å²) >= 11 is 0. The molecule has 1 aromatic carbocycles. The fourth-order valence-electron chi connectivity index (χ4n) is 3.81. The average Bonchev–Trinajstić information content (AvgIpc) is 2.85. The highest BCUT2D eigenvalue weighted by molar-refractivity contribution is 5.94. The van der Waals surface area contributed by atoms with Crippen LogP contribution in [0.4, 0.5) is 11.5 Å². The number of hydrogen-bond donors (Lipinski definition) is 1. The summed E-state index contributed by atoms with van der Waals surface area (Å²) in [5.74, 6) is -0.193. The van der Waals surface area contributed by atoms with Gasteiger partial charge in [-0.2, -0.15) is 0 Å². The van der Waals surface area contributed by atoms with Crippen molar-refractivity contribution in [1.29, 1.82) is 0 Å². The number of nitrogen functional groups attached to an aromatic ring is 1. The molecule has 170 valence electrons. The Bertz CT molecular complexity index is 918. The molecule has 0 bridgehead atoms. The number of nitrogens with two attached hydrogens (primary N) is 1. The lowest BCUT2D eigenvalue weighted by atomic mass is 10.1. The van der Waals surface area contributed by atoms with Crippen LogP contribution in [0.15, 0.2) is 42.6 Å². The highest BCUT2D eigenvalue weighted by atomic mass is 16.6. The van der Waals surface area contributed by atoms with Crippen LogP contribution in [0.25, 0.3) is 0 Å². The van der Waals surface area contributed by atoms with Crippen LogP contribution in [0.1, 0.15) is 59.2 Å². The molecule has 0 radical (unpaired) electrons. The summed E-state index contributed by atoms with van der Waals surface area (Å²) in [6, 6.07) is 9.87. The zero-order valence-corrected chi connectivity index (χ0v) is 18.1. The fourth-order valence-corrected chi connectivity index (χ4v) is 3.81. The summed E-state index contributed by atoms with van der Waals surface area (Å²) in [5, 5.41) is 10.4. The Hall–Kier alpha value is -3.49. The second-order valence-electron chi connectivity index (χ2n) is 7.99. The Labute approximate surface area is 187 Å². The largest absolute Gasteiger partial charge is 0.399 e. The summed E-state index contributed by atoms with van der Waals surface area (Å²) in [7, 11) is 0. The molecule has 9 heteroatoms. The minimum Gasteiger partial charge on any atom is -0.399 e. The van der Waals surface area contributed by atoms with E-state index in [4.69, 9.17) is 5.73 Å². The van der Waals surface area contributed by atoms with Crippen molar-refractivity contribution in [2.24, 2.45) is 0 Å². The predicted molar refractivity (Wildman–Crippen MR) is 121 cm³/mol. The van der Waals surface area contributed by atoms with Crippen LogP contribution in [0.3, 0.4) is 0 Å². The van der Waals surface area contributed by atoms with E-state index in [2.05, 4.69) is 4.98 Å². The summed E-state index contributed by atoms with van der Waals surface area (Å²) in [5.41, 5.74) is 7.44. The number of hydrogen-bond acceptors (Lipinski definition) is 6. The lowest BCUT2D eigenvalue weighted by molar-refractivity contribution is -0.389. The van der Waals surface area contributed by atoms with Crippen molar-refractivity contribution in [3.63, 3.8) is 0 Å². The molecule has 0 spiro atoms. The number of pyridine rings is 1. The van der Waals surface area contributed by atoms with Gasteiger partial charge in [-0.3, -0.25) is 9.59 Å². The smallest absolute Gasteiger partial charge is 0.363 e. The molecular weight excluding hydrogens is 410 g/mol. The van der Waals surface area contributed by atoms with Crippen LogP contribution in [0, 0.1) is 10.1 Å². The van der Waals surface area contributed by atoms with Crippen molar-refractivity contribution in [2.45, 2.75) is 38.5 Å². The summed E-state index contributed by atoms with van der Waals surface area (Å²) in [6.45, 7) is 3.30. The molecule has 9 nitrogen and oxygen atoms in total. The number of aromatic nitrogens is 1. The average molecular weight is 440 g/mol. The minimum absolute atomic E-state index is 0.0907. The third kappa shape index (κ3) is 6.26. The second kappa shape index (κ2) is 11.2. The lowest BCUT2D eigenvalue weighted by Crippen LogP contribution is -2.35. The third-order valence-electron chi connectivity index (χ3n) is 5.63. The zero-order chi connectivity index (χ0) is 22.9. The topological polar surface area (TPSA) is 123 Å². The van der Waals surface area contributed by atoms with Gasteiger partial charge in [0.05, 0.1) is 5.56 Å². The Morgan fingerprint density at radius 2 is 1.25 bits per heavy atom. The van der Waals surface area contributed by atoms with E-state index < -0.39 is 4.92 Å². The number of carbonyl (C=O) groups excluding carboxylic acids is 2. The van der Waals surface area contributed by atoms with Crippen molar-refractivity contribution in [3.8, 4) is 0 Å². The van der Waals surface area contributed by atoms with E-state index in [1.165, 1.54) is 24.8 Å². The van der Waals surface area contributed by atoms with Gasteiger partial charge in [-0.1, -0.05) is 0 Å². The molecule has 2 fully saturated rings. The summed E-state index contributed by atoms with van der Waals surface area (Å²) in [4.78, 5) is 41.2. The maximum Gasteiger partial charge on any atom is 0.363 e. The van der Waals surface area contributed by atoms with Gasteiger partial charge in [0, 0.05) is 43.5 Å². The maximum atomic E-state index is 12.0. The Morgan fingerprint density at radius 1 is 0.781 bits per heavy atom. The molecule has 3 heterocycles. The Balaban J connectivity index is 0.000000182. The van der Waals surface area contributed by atoms with Gasteiger partial charge < -0.3 is 25.6 Å². The molecule has 2 saturated heterocycles. The number of amides is 2. The second-order valence-corrected chi connectivity index (χ2v) is 7.99. The summed E-state index contributed by atoms with van der Waals surface area (Å²) in [6.07, 6.45) is 7.96. The molecule has 0 atom stereocenters. The van der Waals surface area contributed by atoms with Gasteiger partial charge in [-0.05, 0) is 78.8 Å². The number of carbonyl (C=O) groups is 2. The molecule has 2 aromatic rings. The molecule has 1 aromatic heterocycles. The van der Waals surface area contributed by atoms with Crippen molar-refractivity contribution >= 4 is 23.3 Å². The number of anilines is 1. The Morgan fingerprint density at radius 3 is 1.69 bits per heavy atom. The summed E-state index contributed by atoms with van der Waals surface area (Å²) < 4.78 is 0. The van der Waals surface area contributed by atoms with Crippen molar-refractivity contribution in [1.82, 2.24) is 14.8 Å². The number of likely N-dealkylation sites (tertiary alicyclic amines) is 2. The molecule has 0 saturated carbocycles. The van der Waals surface area contributed by atoms with Crippen LogP contribution in [0.5, 0.6) is 0 Å². The van der Waals surface area contributed by atoms with E-state index >= 15 is 0 Å². The van der Waals surface area contributed by atoms with E-state index in [1.54, 1.807) is 29.2 Å². The molecule has 0 unspecified atom stereocenters. The van der Waals surface area contributed by atoms with Crippen molar-refractivity contribution in [3.05, 3.63) is 63.8 Å².